The molecule has 1 unspecified atom stereocenters. The normalized spacial score (nSPS) is 17.6. The van der Waals surface area contributed by atoms with Crippen LogP contribution in [0.15, 0.2) is 21.9 Å². The fourth-order valence-electron chi connectivity index (χ4n) is 2.88. The lowest BCUT2D eigenvalue weighted by Crippen LogP contribution is -2.48. The molecule has 1 N–H and O–H groups in total. The van der Waals surface area contributed by atoms with Crippen molar-refractivity contribution in [1.29, 1.82) is 0 Å². The quantitative estimate of drug-likeness (QED) is 0.599. The lowest BCUT2D eigenvalue weighted by Gasteiger charge is -2.34. The summed E-state index contributed by atoms with van der Waals surface area (Å²) in [4.78, 5) is 23.5. The van der Waals surface area contributed by atoms with E-state index in [0.29, 0.717) is 5.69 Å². The molecule has 134 valence electrons. The number of anilines is 1. The number of carbonyl (C=O) groups is 1. The summed E-state index contributed by atoms with van der Waals surface area (Å²) in [7, 11) is 1.84. The molecule has 1 saturated heterocycles. The zero-order chi connectivity index (χ0) is 18.0. The van der Waals surface area contributed by atoms with Crippen LogP contribution in [0.4, 0.5) is 5.82 Å². The monoisotopic (exact) mass is 424 g/mol. The van der Waals surface area contributed by atoms with Gasteiger partial charge in [-0.15, -0.1) is 0 Å². The number of rotatable bonds is 4. The molecule has 1 atom stereocenters. The number of amides is 1. The van der Waals surface area contributed by atoms with Crippen molar-refractivity contribution in [2.75, 3.05) is 24.2 Å². The van der Waals surface area contributed by atoms with E-state index in [1.807, 2.05) is 26.3 Å². The van der Waals surface area contributed by atoms with Crippen molar-refractivity contribution in [2.24, 2.45) is 7.05 Å². The van der Waals surface area contributed by atoms with Gasteiger partial charge in [0.1, 0.15) is 11.5 Å². The minimum atomic E-state index is -0.123. The molecular weight excluding hydrogens is 404 g/mol. The van der Waals surface area contributed by atoms with Crippen molar-refractivity contribution >= 4 is 39.4 Å². The highest BCUT2D eigenvalue weighted by Gasteiger charge is 2.25. The Hall–Kier alpha value is -1.61. The molecule has 1 amide bonds. The van der Waals surface area contributed by atoms with Gasteiger partial charge in [-0.3, -0.25) is 9.48 Å². The molecule has 3 rings (SSSR count). The molecule has 1 fully saturated rings. The average Bonchev–Trinajstić information content (AvgIpc) is 2.95. The number of aryl methyl sites for hydroxylation is 2. The molecule has 2 aromatic rings. The van der Waals surface area contributed by atoms with E-state index in [1.54, 1.807) is 10.9 Å². The van der Waals surface area contributed by atoms with Crippen molar-refractivity contribution in [3.8, 4) is 0 Å². The molecule has 9 heteroatoms. The minimum absolute atomic E-state index is 0.0724. The van der Waals surface area contributed by atoms with Crippen molar-refractivity contribution in [2.45, 2.75) is 31.0 Å². The van der Waals surface area contributed by atoms with Crippen LogP contribution in [0.1, 0.15) is 29.0 Å². The molecule has 1 aliphatic rings. The highest BCUT2D eigenvalue weighted by Crippen LogP contribution is 2.27. The van der Waals surface area contributed by atoms with Gasteiger partial charge in [0.05, 0.1) is 4.47 Å². The van der Waals surface area contributed by atoms with Gasteiger partial charge in [0.2, 0.25) is 0 Å². The lowest BCUT2D eigenvalue weighted by atomic mass is 10.1. The third kappa shape index (κ3) is 4.14. The number of hydrogen-bond donors (Lipinski definition) is 1. The van der Waals surface area contributed by atoms with Crippen molar-refractivity contribution in [3.63, 3.8) is 0 Å². The Morgan fingerprint density at radius 1 is 1.48 bits per heavy atom. The summed E-state index contributed by atoms with van der Waals surface area (Å²) in [6, 6.07) is 1.88. The predicted octanol–water partition coefficient (Wildman–Crippen LogP) is 2.40. The largest absolute Gasteiger partial charge is 0.353 e. The van der Waals surface area contributed by atoms with Gasteiger partial charge >= 0.3 is 0 Å². The number of nitrogens with one attached hydrogen (secondary N) is 1. The van der Waals surface area contributed by atoms with Crippen LogP contribution < -0.4 is 10.2 Å². The maximum Gasteiger partial charge on any atom is 0.272 e. The zero-order valence-corrected chi connectivity index (χ0v) is 16.9. The number of halogens is 1. The van der Waals surface area contributed by atoms with E-state index in [-0.39, 0.29) is 11.9 Å². The fraction of sp³-hybridized carbons (Fsp3) is 0.500. The second kappa shape index (κ2) is 7.74. The number of thioether (sulfide) groups is 1. The second-order valence-corrected chi connectivity index (χ2v) is 7.71. The van der Waals surface area contributed by atoms with Crippen LogP contribution in [0, 0.1) is 6.92 Å². The van der Waals surface area contributed by atoms with Gasteiger partial charge in [0.25, 0.3) is 5.91 Å². The summed E-state index contributed by atoms with van der Waals surface area (Å²) < 4.78 is 2.59. The summed E-state index contributed by atoms with van der Waals surface area (Å²) in [5.74, 6) is 0.758. The first-order valence-electron chi connectivity index (χ1n) is 8.11. The molecule has 0 saturated carbocycles. The third-order valence-corrected chi connectivity index (χ3v) is 5.41. The Morgan fingerprint density at radius 3 is 2.96 bits per heavy atom. The van der Waals surface area contributed by atoms with Crippen LogP contribution in [-0.4, -0.2) is 51.0 Å². The summed E-state index contributed by atoms with van der Waals surface area (Å²) in [5, 5.41) is 8.10. The van der Waals surface area contributed by atoms with Gasteiger partial charge in [-0.2, -0.15) is 5.10 Å². The van der Waals surface area contributed by atoms with Crippen LogP contribution >= 0.6 is 27.7 Å². The van der Waals surface area contributed by atoms with E-state index in [2.05, 4.69) is 41.2 Å². The number of aromatic nitrogens is 4. The molecular formula is C16H21BrN6OS. The lowest BCUT2D eigenvalue weighted by molar-refractivity contribution is 0.0927. The molecule has 0 radical (unpaired) electrons. The summed E-state index contributed by atoms with van der Waals surface area (Å²) in [5.41, 5.74) is 1.43. The Morgan fingerprint density at radius 2 is 2.28 bits per heavy atom. The topological polar surface area (TPSA) is 75.9 Å². The summed E-state index contributed by atoms with van der Waals surface area (Å²) in [6.45, 7) is 3.57. The van der Waals surface area contributed by atoms with Gasteiger partial charge in [0, 0.05) is 38.1 Å². The van der Waals surface area contributed by atoms with Crippen LogP contribution in [0.25, 0.3) is 0 Å². The Labute approximate surface area is 159 Å². The number of carbonyl (C=O) groups excluding carboxylic acids is 1. The molecule has 2 aromatic heterocycles. The van der Waals surface area contributed by atoms with Gasteiger partial charge in [-0.25, -0.2) is 9.97 Å². The zero-order valence-electron chi connectivity index (χ0n) is 14.5. The van der Waals surface area contributed by atoms with Gasteiger partial charge in [-0.05, 0) is 48.0 Å². The maximum atomic E-state index is 12.4. The van der Waals surface area contributed by atoms with E-state index in [1.165, 1.54) is 11.8 Å². The highest BCUT2D eigenvalue weighted by molar-refractivity contribution is 9.10. The first-order valence-corrected chi connectivity index (χ1v) is 10.1. The predicted molar refractivity (Wildman–Crippen MR) is 102 cm³/mol. The van der Waals surface area contributed by atoms with E-state index >= 15 is 0 Å². The average molecular weight is 425 g/mol. The molecule has 3 heterocycles. The van der Waals surface area contributed by atoms with Crippen molar-refractivity contribution in [1.82, 2.24) is 25.1 Å². The Balaban J connectivity index is 1.70. The van der Waals surface area contributed by atoms with Crippen LogP contribution in [0.5, 0.6) is 0 Å². The van der Waals surface area contributed by atoms with E-state index in [0.717, 1.165) is 47.1 Å². The van der Waals surface area contributed by atoms with E-state index in [4.69, 9.17) is 0 Å². The van der Waals surface area contributed by atoms with Crippen LogP contribution in [0.3, 0.4) is 0 Å². The Kier molecular flexibility index (Phi) is 5.63. The van der Waals surface area contributed by atoms with Gasteiger partial charge in [-0.1, -0.05) is 11.8 Å². The standard InChI is InChI=1S/C16H21BrN6OS/c1-10-7-13(21-22(10)2)15(24)19-11-5-4-6-23(9-11)14-12(17)8-18-16(20-14)25-3/h7-8,11H,4-6,9H2,1-3H3,(H,19,24). The van der Waals surface area contributed by atoms with Crippen molar-refractivity contribution < 1.29 is 4.79 Å². The summed E-state index contributed by atoms with van der Waals surface area (Å²) in [6.07, 6.45) is 5.69. The molecule has 25 heavy (non-hydrogen) atoms. The highest BCUT2D eigenvalue weighted by atomic mass is 79.9. The molecule has 0 aromatic carbocycles. The van der Waals surface area contributed by atoms with Gasteiger partial charge in [0.15, 0.2) is 5.16 Å². The van der Waals surface area contributed by atoms with Gasteiger partial charge < -0.3 is 10.2 Å². The summed E-state index contributed by atoms with van der Waals surface area (Å²) >= 11 is 5.06. The first kappa shape index (κ1) is 18.2. The fourth-order valence-corrected chi connectivity index (χ4v) is 3.66. The third-order valence-electron chi connectivity index (χ3n) is 4.29. The second-order valence-electron chi connectivity index (χ2n) is 6.08. The Bertz CT molecular complexity index is 760. The molecule has 0 spiro atoms. The van der Waals surface area contributed by atoms with Crippen molar-refractivity contribution in [3.05, 3.63) is 28.1 Å². The molecule has 0 bridgehead atoms. The van der Waals surface area contributed by atoms with E-state index in [9.17, 15) is 4.79 Å². The maximum absolute atomic E-state index is 12.4. The van der Waals surface area contributed by atoms with Crippen LogP contribution in [-0.2, 0) is 7.05 Å². The molecule has 0 aliphatic carbocycles. The first-order chi connectivity index (χ1) is 12.0. The minimum Gasteiger partial charge on any atom is -0.353 e. The van der Waals surface area contributed by atoms with E-state index < -0.39 is 0 Å². The SMILES string of the molecule is CSc1ncc(Br)c(N2CCCC(NC(=O)c3cc(C)n(C)n3)C2)n1. The molecule has 1 aliphatic heterocycles. The number of piperidine rings is 1. The van der Waals surface area contributed by atoms with Crippen LogP contribution in [0.2, 0.25) is 0 Å². The number of hydrogen-bond acceptors (Lipinski definition) is 6. The molecule has 7 nitrogen and oxygen atoms in total. The smallest absolute Gasteiger partial charge is 0.272 e. The number of nitrogens with zero attached hydrogens (tertiary/aromatic N) is 5.